The third-order valence-corrected chi connectivity index (χ3v) is 8.37. The van der Waals surface area contributed by atoms with Crippen molar-refractivity contribution in [3.63, 3.8) is 0 Å². The molecular weight excluding hydrogens is 627 g/mol. The summed E-state index contributed by atoms with van der Waals surface area (Å²) < 4.78 is 54.3. The Morgan fingerprint density at radius 2 is 1.83 bits per heavy atom. The van der Waals surface area contributed by atoms with Gasteiger partial charge in [0.25, 0.3) is 0 Å². The van der Waals surface area contributed by atoms with Crippen molar-refractivity contribution >= 4 is 27.8 Å². The zero-order valence-corrected chi connectivity index (χ0v) is 26.0. The zero-order chi connectivity index (χ0) is 33.4. The Morgan fingerprint density at radius 3 is 2.60 bits per heavy atom. The quantitative estimate of drug-likeness (QED) is 0.244. The van der Waals surface area contributed by atoms with Gasteiger partial charge >= 0.3 is 6.18 Å². The molecule has 0 bridgehead atoms. The summed E-state index contributed by atoms with van der Waals surface area (Å²) in [5.74, 6) is -0.470. The van der Waals surface area contributed by atoms with Crippen molar-refractivity contribution in [3.8, 4) is 22.9 Å². The van der Waals surface area contributed by atoms with E-state index in [1.165, 1.54) is 32.4 Å². The first-order valence-electron chi connectivity index (χ1n) is 15.1. The first-order chi connectivity index (χ1) is 23.2. The lowest BCUT2D eigenvalue weighted by Gasteiger charge is -2.40. The number of fused-ring (bicyclic) bond motifs is 2. The molecule has 0 radical (unpaired) electrons. The van der Waals surface area contributed by atoms with Gasteiger partial charge in [0.2, 0.25) is 17.6 Å². The minimum atomic E-state index is -4.79. The number of rotatable bonds is 8. The maximum Gasteiger partial charge on any atom is 0.449 e. The Morgan fingerprint density at radius 1 is 0.979 bits per heavy atom. The van der Waals surface area contributed by atoms with Crippen LogP contribution >= 0.6 is 0 Å². The first-order valence-corrected chi connectivity index (χ1v) is 15.1. The van der Waals surface area contributed by atoms with Crippen molar-refractivity contribution in [1.29, 1.82) is 0 Å². The molecule has 1 amide bonds. The summed E-state index contributed by atoms with van der Waals surface area (Å²) in [6.45, 7) is 0.909. The Kier molecular flexibility index (Phi) is 8.12. The highest BCUT2D eigenvalue weighted by Gasteiger charge is 2.40. The number of benzene rings is 2. The van der Waals surface area contributed by atoms with Crippen LogP contribution in [0, 0.1) is 0 Å². The number of aromatic amines is 1. The topological polar surface area (TPSA) is 127 Å². The van der Waals surface area contributed by atoms with Gasteiger partial charge < -0.3 is 23.9 Å². The van der Waals surface area contributed by atoms with Gasteiger partial charge in [0.05, 0.1) is 53.9 Å². The molecule has 12 nitrogen and oxygen atoms in total. The Labute approximate surface area is 272 Å². The second kappa shape index (κ2) is 12.6. The smallest absolute Gasteiger partial charge is 0.449 e. The fourth-order valence-electron chi connectivity index (χ4n) is 6.08. The minimum Gasteiger partial charge on any atom is -0.497 e. The second-order valence-electron chi connectivity index (χ2n) is 11.3. The van der Waals surface area contributed by atoms with Crippen LogP contribution in [0.3, 0.4) is 0 Å². The average molecular weight is 658 g/mol. The van der Waals surface area contributed by atoms with E-state index in [4.69, 9.17) is 9.47 Å². The van der Waals surface area contributed by atoms with Crippen LogP contribution in [0.2, 0.25) is 0 Å². The molecule has 1 saturated heterocycles. The fraction of sp³-hybridized carbons (Fsp3) is 0.273. The van der Waals surface area contributed by atoms with E-state index in [-0.39, 0.29) is 17.6 Å². The molecule has 15 heteroatoms. The van der Waals surface area contributed by atoms with Crippen LogP contribution in [0.15, 0.2) is 73.3 Å². The van der Waals surface area contributed by atoms with Gasteiger partial charge in [-0.1, -0.05) is 18.2 Å². The molecule has 7 rings (SSSR count). The number of nitrogens with one attached hydrogen (secondary N) is 1. The molecule has 4 aromatic heterocycles. The largest absolute Gasteiger partial charge is 0.497 e. The van der Waals surface area contributed by atoms with Crippen molar-refractivity contribution in [2.24, 2.45) is 0 Å². The van der Waals surface area contributed by atoms with Crippen molar-refractivity contribution in [1.82, 2.24) is 44.3 Å². The summed E-state index contributed by atoms with van der Waals surface area (Å²) in [6, 6.07) is 13.4. The zero-order valence-electron chi connectivity index (χ0n) is 26.0. The SMILES string of the molecule is COc1ccc2nc(C(F)(F)F)n(CC(=O)N3CCN(Cc4cnccn4)CC3c3ncc(-c4cc5ccccc5nc4OC)[nH]3)c2c1. The molecule has 48 heavy (non-hydrogen) atoms. The number of nitrogens with zero attached hydrogens (tertiary/aromatic N) is 8. The van der Waals surface area contributed by atoms with Gasteiger partial charge in [-0.05, 0) is 24.3 Å². The molecular formula is C33H30F3N9O3. The van der Waals surface area contributed by atoms with E-state index >= 15 is 0 Å². The minimum absolute atomic E-state index is 0.106. The lowest BCUT2D eigenvalue weighted by Crippen LogP contribution is -2.51. The second-order valence-corrected chi connectivity index (χ2v) is 11.3. The number of alkyl halides is 3. The van der Waals surface area contributed by atoms with E-state index in [1.54, 1.807) is 29.7 Å². The third kappa shape index (κ3) is 5.99. The molecule has 1 atom stereocenters. The number of pyridine rings is 1. The van der Waals surface area contributed by atoms with Crippen molar-refractivity contribution in [2.75, 3.05) is 33.9 Å². The predicted molar refractivity (Wildman–Crippen MR) is 169 cm³/mol. The Bertz CT molecular complexity index is 2100. The molecule has 1 aliphatic rings. The Balaban J connectivity index is 1.24. The van der Waals surface area contributed by atoms with Crippen LogP contribution in [0.4, 0.5) is 13.2 Å². The van der Waals surface area contributed by atoms with Crippen LogP contribution in [0.25, 0.3) is 33.2 Å². The number of hydrogen-bond donors (Lipinski definition) is 1. The lowest BCUT2D eigenvalue weighted by atomic mass is 10.1. The highest BCUT2D eigenvalue weighted by molar-refractivity contribution is 5.86. The number of halogens is 3. The maximum absolute atomic E-state index is 14.2. The molecule has 6 aromatic rings. The van der Waals surface area contributed by atoms with Gasteiger partial charge in [0.15, 0.2) is 0 Å². The number of amides is 1. The number of methoxy groups -OCH3 is 2. The van der Waals surface area contributed by atoms with E-state index in [9.17, 15) is 18.0 Å². The number of carbonyl (C=O) groups is 1. The highest BCUT2D eigenvalue weighted by atomic mass is 19.4. The molecule has 0 saturated carbocycles. The normalized spacial score (nSPS) is 15.7. The number of piperazine rings is 1. The summed E-state index contributed by atoms with van der Waals surface area (Å²) in [5.41, 5.74) is 3.06. The van der Waals surface area contributed by atoms with Crippen molar-refractivity contribution in [2.45, 2.75) is 25.3 Å². The van der Waals surface area contributed by atoms with Crippen LogP contribution in [0.5, 0.6) is 11.6 Å². The molecule has 0 aliphatic carbocycles. The van der Waals surface area contributed by atoms with E-state index in [0.29, 0.717) is 48.3 Å². The fourth-order valence-corrected chi connectivity index (χ4v) is 6.08. The van der Waals surface area contributed by atoms with Crippen molar-refractivity contribution < 1.29 is 27.4 Å². The summed E-state index contributed by atoms with van der Waals surface area (Å²) >= 11 is 0. The van der Waals surface area contributed by atoms with Crippen LogP contribution < -0.4 is 9.47 Å². The summed E-state index contributed by atoms with van der Waals surface area (Å²) in [7, 11) is 2.96. The van der Waals surface area contributed by atoms with E-state index in [2.05, 4.69) is 34.8 Å². The average Bonchev–Trinajstić information content (AvgIpc) is 3.73. The van der Waals surface area contributed by atoms with E-state index in [0.717, 1.165) is 21.2 Å². The van der Waals surface area contributed by atoms with Gasteiger partial charge in [0.1, 0.15) is 24.2 Å². The van der Waals surface area contributed by atoms with Gasteiger partial charge in [-0.25, -0.2) is 15.0 Å². The predicted octanol–water partition coefficient (Wildman–Crippen LogP) is 4.89. The molecule has 246 valence electrons. The molecule has 1 aliphatic heterocycles. The summed E-state index contributed by atoms with van der Waals surface area (Å²) in [6.07, 6.45) is 1.73. The molecule has 1 unspecified atom stereocenters. The number of para-hydroxylation sites is 1. The van der Waals surface area contributed by atoms with Gasteiger partial charge in [-0.15, -0.1) is 0 Å². The summed E-state index contributed by atoms with van der Waals surface area (Å²) in [5, 5.41) is 0.902. The molecule has 5 heterocycles. The van der Waals surface area contributed by atoms with Crippen LogP contribution in [0.1, 0.15) is 23.4 Å². The first kappa shape index (κ1) is 31.1. The number of imidazole rings is 2. The standard InChI is InChI=1S/C33H30F3N9O3/c1-47-22-7-8-25-27(14-22)45(32(42-25)33(34,35)36)19-29(46)44-12-11-43(17-21-15-37-9-10-38-21)18-28(44)30-39-16-26(40-30)23-13-20-5-3-4-6-24(20)41-31(23)48-2/h3-10,13-16,28H,11-12,17-19H2,1-2H3,(H,39,40). The monoisotopic (exact) mass is 657 g/mol. The van der Waals surface area contributed by atoms with E-state index in [1.807, 2.05) is 30.3 Å². The van der Waals surface area contributed by atoms with Gasteiger partial charge in [-0.3, -0.25) is 19.7 Å². The number of ether oxygens (including phenoxy) is 2. The molecule has 1 fully saturated rings. The van der Waals surface area contributed by atoms with Gasteiger partial charge in [-0.2, -0.15) is 13.2 Å². The third-order valence-electron chi connectivity index (χ3n) is 8.37. The number of aromatic nitrogens is 7. The number of H-pyrrole nitrogens is 1. The summed E-state index contributed by atoms with van der Waals surface area (Å²) in [4.78, 5) is 42.8. The van der Waals surface area contributed by atoms with E-state index < -0.39 is 30.5 Å². The molecule has 0 spiro atoms. The maximum atomic E-state index is 14.2. The van der Waals surface area contributed by atoms with Crippen LogP contribution in [-0.2, 0) is 24.1 Å². The Hall–Kier alpha value is -5.57. The molecule has 1 N–H and O–H groups in total. The van der Waals surface area contributed by atoms with Crippen LogP contribution in [-0.4, -0.2) is 84.0 Å². The van der Waals surface area contributed by atoms with Crippen molar-refractivity contribution in [3.05, 3.63) is 90.7 Å². The number of hydrogen-bond acceptors (Lipinski definition) is 9. The lowest BCUT2D eigenvalue weighted by molar-refractivity contribution is -0.148. The van der Waals surface area contributed by atoms with Gasteiger partial charge in [0, 0.05) is 56.2 Å². The highest BCUT2D eigenvalue weighted by Crippen LogP contribution is 2.35. The molecule has 2 aromatic carbocycles. The number of carbonyl (C=O) groups excluding carboxylic acids is 1.